The van der Waals surface area contributed by atoms with E-state index in [1.807, 2.05) is 6.92 Å². The molecule has 0 atom stereocenters. The van der Waals surface area contributed by atoms with Crippen LogP contribution in [0.4, 0.5) is 4.79 Å². The van der Waals surface area contributed by atoms with Gasteiger partial charge in [-0.2, -0.15) is 0 Å². The van der Waals surface area contributed by atoms with Crippen molar-refractivity contribution in [3.8, 4) is 0 Å². The first-order chi connectivity index (χ1) is 9.15. The summed E-state index contributed by atoms with van der Waals surface area (Å²) >= 11 is 0. The zero-order valence-corrected chi connectivity index (χ0v) is 10.7. The molecule has 0 saturated heterocycles. The van der Waals surface area contributed by atoms with Crippen LogP contribution in [0, 0.1) is 0 Å². The van der Waals surface area contributed by atoms with Gasteiger partial charge in [0.1, 0.15) is 0 Å². The van der Waals surface area contributed by atoms with Crippen molar-refractivity contribution in [1.82, 2.24) is 14.9 Å². The van der Waals surface area contributed by atoms with E-state index >= 15 is 0 Å². The Bertz CT molecular complexity index is 618. The van der Waals surface area contributed by atoms with E-state index in [1.165, 1.54) is 4.57 Å². The molecular weight excluding hydrogens is 244 g/mol. The zero-order valence-electron chi connectivity index (χ0n) is 10.7. The summed E-state index contributed by atoms with van der Waals surface area (Å²) in [4.78, 5) is 27.6. The average molecular weight is 260 g/mol. The number of imidazole rings is 1. The maximum atomic E-state index is 12.1. The Kier molecular flexibility index (Phi) is 3.79. The van der Waals surface area contributed by atoms with Gasteiger partial charge in [0.15, 0.2) is 0 Å². The Morgan fingerprint density at radius 3 is 2.79 bits per heavy atom. The number of nitrogens with two attached hydrogens (primary N) is 1. The van der Waals surface area contributed by atoms with Crippen LogP contribution in [0.15, 0.2) is 24.3 Å². The fourth-order valence-electron chi connectivity index (χ4n) is 1.85. The maximum Gasteiger partial charge on any atom is 0.327 e. The summed E-state index contributed by atoms with van der Waals surface area (Å²) in [5, 5.41) is 2.75. The minimum atomic E-state index is -0.721. The Morgan fingerprint density at radius 2 is 2.11 bits per heavy atom. The van der Waals surface area contributed by atoms with Gasteiger partial charge in [0.05, 0.1) is 11.0 Å². The number of carbonyl (C=O) groups is 2. The molecule has 0 aliphatic rings. The lowest BCUT2D eigenvalue weighted by Gasteiger charge is -2.07. The Balaban J connectivity index is 2.41. The van der Waals surface area contributed by atoms with Crippen LogP contribution in [0.2, 0.25) is 0 Å². The van der Waals surface area contributed by atoms with Crippen LogP contribution < -0.4 is 11.1 Å². The summed E-state index contributed by atoms with van der Waals surface area (Å²) in [6.45, 7) is 2.59. The van der Waals surface area contributed by atoms with Gasteiger partial charge in [0, 0.05) is 6.54 Å². The Labute approximate surface area is 110 Å². The number of fused-ring (bicyclic) bond motifs is 1. The lowest BCUT2D eigenvalue weighted by molar-refractivity contribution is 0.0988. The third kappa shape index (κ3) is 2.57. The number of rotatable bonds is 4. The van der Waals surface area contributed by atoms with Crippen molar-refractivity contribution in [3.05, 3.63) is 30.1 Å². The quantitative estimate of drug-likeness (QED) is 0.816. The van der Waals surface area contributed by atoms with Crippen molar-refractivity contribution in [2.75, 3.05) is 6.54 Å². The molecule has 0 unspecified atom stereocenters. The smallest absolute Gasteiger partial charge is 0.327 e. The molecule has 0 saturated carbocycles. The van der Waals surface area contributed by atoms with Crippen molar-refractivity contribution < 1.29 is 9.59 Å². The topological polar surface area (TPSA) is 90.0 Å². The standard InChI is InChI=1S/C13H16N4O2/c1-2-3-8-15-13(19)17-10-7-5-4-6-9(10)16-12(17)11(14)18/h4-7H,2-3,8H2,1H3,(H2,14,18)(H,15,19). The SMILES string of the molecule is CCCCNC(=O)n1c(C(N)=O)nc2ccccc21. The van der Waals surface area contributed by atoms with Crippen LogP contribution in [0.25, 0.3) is 11.0 Å². The molecule has 0 aliphatic heterocycles. The maximum absolute atomic E-state index is 12.1. The van der Waals surface area contributed by atoms with Crippen LogP contribution in [-0.2, 0) is 0 Å². The van der Waals surface area contributed by atoms with Crippen molar-refractivity contribution in [2.45, 2.75) is 19.8 Å². The fourth-order valence-corrected chi connectivity index (χ4v) is 1.85. The molecular formula is C13H16N4O2. The number of carbonyl (C=O) groups excluding carboxylic acids is 2. The summed E-state index contributed by atoms with van der Waals surface area (Å²) < 4.78 is 1.23. The predicted molar refractivity (Wildman–Crippen MR) is 72.0 cm³/mol. The van der Waals surface area contributed by atoms with Crippen molar-refractivity contribution in [1.29, 1.82) is 0 Å². The van der Waals surface area contributed by atoms with E-state index in [1.54, 1.807) is 24.3 Å². The normalized spacial score (nSPS) is 10.6. The van der Waals surface area contributed by atoms with Gasteiger partial charge >= 0.3 is 6.03 Å². The summed E-state index contributed by atoms with van der Waals surface area (Å²) in [5.41, 5.74) is 6.41. The summed E-state index contributed by atoms with van der Waals surface area (Å²) in [7, 11) is 0. The summed E-state index contributed by atoms with van der Waals surface area (Å²) in [6.07, 6.45) is 1.86. The molecule has 2 aromatic rings. The van der Waals surface area contributed by atoms with E-state index in [0.717, 1.165) is 12.8 Å². The highest BCUT2D eigenvalue weighted by atomic mass is 16.2. The monoisotopic (exact) mass is 260 g/mol. The van der Waals surface area contributed by atoms with Gasteiger partial charge in [-0.05, 0) is 18.6 Å². The number of nitrogens with zero attached hydrogens (tertiary/aromatic N) is 2. The molecule has 2 rings (SSSR count). The number of unbranched alkanes of at least 4 members (excludes halogenated alkanes) is 1. The minimum absolute atomic E-state index is 0.0461. The van der Waals surface area contributed by atoms with E-state index in [4.69, 9.17) is 5.73 Å². The molecule has 2 amide bonds. The fraction of sp³-hybridized carbons (Fsp3) is 0.308. The lowest BCUT2D eigenvalue weighted by Crippen LogP contribution is -2.32. The number of amides is 2. The number of hydrogen-bond donors (Lipinski definition) is 2. The number of primary amides is 1. The van der Waals surface area contributed by atoms with E-state index in [9.17, 15) is 9.59 Å². The van der Waals surface area contributed by atoms with E-state index in [0.29, 0.717) is 17.6 Å². The molecule has 3 N–H and O–H groups in total. The number of benzene rings is 1. The molecule has 6 heteroatoms. The molecule has 0 fully saturated rings. The van der Waals surface area contributed by atoms with E-state index < -0.39 is 5.91 Å². The highest BCUT2D eigenvalue weighted by Crippen LogP contribution is 2.15. The Hall–Kier alpha value is -2.37. The largest absolute Gasteiger partial charge is 0.363 e. The van der Waals surface area contributed by atoms with Crippen molar-refractivity contribution in [3.63, 3.8) is 0 Å². The number of para-hydroxylation sites is 2. The highest BCUT2D eigenvalue weighted by molar-refractivity contribution is 6.00. The second-order valence-corrected chi connectivity index (χ2v) is 4.21. The van der Waals surface area contributed by atoms with Crippen molar-refractivity contribution in [2.24, 2.45) is 5.73 Å². The second-order valence-electron chi connectivity index (χ2n) is 4.21. The van der Waals surface area contributed by atoms with Gasteiger partial charge < -0.3 is 11.1 Å². The highest BCUT2D eigenvalue weighted by Gasteiger charge is 2.19. The molecule has 1 aromatic heterocycles. The van der Waals surface area contributed by atoms with Gasteiger partial charge in [-0.3, -0.25) is 4.79 Å². The third-order valence-electron chi connectivity index (χ3n) is 2.79. The summed E-state index contributed by atoms with van der Waals surface area (Å²) in [5.74, 6) is -0.767. The lowest BCUT2D eigenvalue weighted by atomic mass is 10.3. The molecule has 1 aromatic carbocycles. The number of hydrogen-bond acceptors (Lipinski definition) is 3. The van der Waals surface area contributed by atoms with Gasteiger partial charge in [0.2, 0.25) is 5.82 Å². The molecule has 0 spiro atoms. The molecule has 0 aliphatic carbocycles. The van der Waals surface area contributed by atoms with Crippen LogP contribution >= 0.6 is 0 Å². The van der Waals surface area contributed by atoms with Crippen LogP contribution in [0.1, 0.15) is 30.4 Å². The first kappa shape index (κ1) is 13.1. The van der Waals surface area contributed by atoms with Gasteiger partial charge in [-0.15, -0.1) is 0 Å². The number of nitrogens with one attached hydrogen (secondary N) is 1. The van der Waals surface area contributed by atoms with Gasteiger partial charge in [-0.1, -0.05) is 25.5 Å². The van der Waals surface area contributed by atoms with Gasteiger partial charge in [0.25, 0.3) is 5.91 Å². The molecule has 100 valence electrons. The van der Waals surface area contributed by atoms with Crippen LogP contribution in [0.3, 0.4) is 0 Å². The predicted octanol–water partition coefficient (Wildman–Crippen LogP) is 1.49. The molecule has 6 nitrogen and oxygen atoms in total. The minimum Gasteiger partial charge on any atom is -0.363 e. The first-order valence-corrected chi connectivity index (χ1v) is 6.20. The van der Waals surface area contributed by atoms with Gasteiger partial charge in [-0.25, -0.2) is 14.3 Å². The molecule has 1 heterocycles. The number of aromatic nitrogens is 2. The average Bonchev–Trinajstić information content (AvgIpc) is 2.78. The molecule has 19 heavy (non-hydrogen) atoms. The second kappa shape index (κ2) is 5.51. The van der Waals surface area contributed by atoms with Crippen molar-refractivity contribution >= 4 is 23.0 Å². The molecule has 0 bridgehead atoms. The zero-order chi connectivity index (χ0) is 13.8. The van der Waals surface area contributed by atoms with Crippen LogP contribution in [-0.4, -0.2) is 28.0 Å². The van der Waals surface area contributed by atoms with E-state index in [2.05, 4.69) is 10.3 Å². The first-order valence-electron chi connectivity index (χ1n) is 6.20. The van der Waals surface area contributed by atoms with E-state index in [-0.39, 0.29) is 11.9 Å². The third-order valence-corrected chi connectivity index (χ3v) is 2.79. The molecule has 0 radical (unpaired) electrons. The summed E-state index contributed by atoms with van der Waals surface area (Å²) in [6, 6.07) is 6.66. The van der Waals surface area contributed by atoms with Crippen LogP contribution in [0.5, 0.6) is 0 Å². The Morgan fingerprint density at radius 1 is 1.37 bits per heavy atom.